The predicted octanol–water partition coefficient (Wildman–Crippen LogP) is 2.28. The van der Waals surface area contributed by atoms with Crippen LogP contribution >= 0.6 is 0 Å². The van der Waals surface area contributed by atoms with E-state index >= 15 is 0 Å². The lowest BCUT2D eigenvalue weighted by atomic mass is 10.0. The van der Waals surface area contributed by atoms with Crippen LogP contribution in [0.25, 0.3) is 0 Å². The molecule has 0 unspecified atom stereocenters. The van der Waals surface area contributed by atoms with Crippen molar-refractivity contribution in [2.45, 2.75) is 26.3 Å². The molecule has 2 aromatic carbocycles. The first-order valence-corrected chi connectivity index (χ1v) is 7.95. The summed E-state index contributed by atoms with van der Waals surface area (Å²) in [6.07, 6.45) is 1.34. The number of carbonyl (C=O) groups excluding carboxylic acids is 2. The highest BCUT2D eigenvalue weighted by molar-refractivity contribution is 6.35. The van der Waals surface area contributed by atoms with Crippen molar-refractivity contribution in [3.8, 4) is 5.75 Å². The normalized spacial score (nSPS) is 10.8. The van der Waals surface area contributed by atoms with Gasteiger partial charge in [-0.15, -0.1) is 0 Å². The SMILES string of the molecule is CC(C)c1ccc(CNC(=O)C(=O)N/N=C\c2cccc(O)c2)cc1. The van der Waals surface area contributed by atoms with Crippen molar-refractivity contribution in [3.05, 3.63) is 65.2 Å². The Labute approximate surface area is 146 Å². The number of aromatic hydroxyl groups is 1. The Hall–Kier alpha value is -3.15. The third-order valence-corrected chi connectivity index (χ3v) is 3.56. The molecule has 0 atom stereocenters. The van der Waals surface area contributed by atoms with Gasteiger partial charge in [-0.1, -0.05) is 50.2 Å². The average Bonchev–Trinajstić information content (AvgIpc) is 2.60. The molecule has 0 spiro atoms. The van der Waals surface area contributed by atoms with E-state index in [-0.39, 0.29) is 12.3 Å². The van der Waals surface area contributed by atoms with Crippen molar-refractivity contribution in [1.82, 2.24) is 10.7 Å². The monoisotopic (exact) mass is 339 g/mol. The van der Waals surface area contributed by atoms with Crippen molar-refractivity contribution in [2.24, 2.45) is 5.10 Å². The van der Waals surface area contributed by atoms with E-state index in [1.165, 1.54) is 23.9 Å². The predicted molar refractivity (Wildman–Crippen MR) is 96.2 cm³/mol. The highest BCUT2D eigenvalue weighted by atomic mass is 16.3. The summed E-state index contributed by atoms with van der Waals surface area (Å²) in [4.78, 5) is 23.4. The Morgan fingerprint density at radius 1 is 1.12 bits per heavy atom. The van der Waals surface area contributed by atoms with Crippen molar-refractivity contribution >= 4 is 18.0 Å². The molecule has 0 aliphatic rings. The van der Waals surface area contributed by atoms with Gasteiger partial charge in [-0.25, -0.2) is 5.43 Å². The van der Waals surface area contributed by atoms with Crippen LogP contribution < -0.4 is 10.7 Å². The molecule has 25 heavy (non-hydrogen) atoms. The minimum Gasteiger partial charge on any atom is -0.508 e. The van der Waals surface area contributed by atoms with E-state index in [1.54, 1.807) is 12.1 Å². The van der Waals surface area contributed by atoms with Crippen LogP contribution in [0.2, 0.25) is 0 Å². The standard InChI is InChI=1S/C19H21N3O3/c1-13(2)16-8-6-14(7-9-16)11-20-18(24)19(25)22-21-12-15-4-3-5-17(23)10-15/h3-10,12-13,23H,11H2,1-2H3,(H,20,24)(H,22,25)/b21-12-. The molecule has 0 saturated carbocycles. The van der Waals surface area contributed by atoms with Crippen LogP contribution in [0.15, 0.2) is 53.6 Å². The maximum absolute atomic E-state index is 11.8. The third kappa shape index (κ3) is 5.76. The first-order chi connectivity index (χ1) is 12.0. The van der Waals surface area contributed by atoms with E-state index in [0.717, 1.165) is 5.56 Å². The van der Waals surface area contributed by atoms with Crippen molar-refractivity contribution in [3.63, 3.8) is 0 Å². The highest BCUT2D eigenvalue weighted by Gasteiger charge is 2.12. The van der Waals surface area contributed by atoms with Crippen LogP contribution in [-0.4, -0.2) is 23.1 Å². The Bertz CT molecular complexity index is 768. The number of amides is 2. The molecule has 6 heteroatoms. The van der Waals surface area contributed by atoms with Crippen LogP contribution in [0.4, 0.5) is 0 Å². The maximum Gasteiger partial charge on any atom is 0.329 e. The molecule has 3 N–H and O–H groups in total. The minimum atomic E-state index is -0.852. The number of phenolic OH excluding ortho intramolecular Hbond substituents is 1. The molecule has 0 saturated heterocycles. The zero-order valence-electron chi connectivity index (χ0n) is 14.2. The van der Waals surface area contributed by atoms with E-state index in [0.29, 0.717) is 11.5 Å². The first kappa shape index (κ1) is 18.2. The summed E-state index contributed by atoms with van der Waals surface area (Å²) < 4.78 is 0. The van der Waals surface area contributed by atoms with Gasteiger partial charge in [0.2, 0.25) is 0 Å². The fourth-order valence-corrected chi connectivity index (χ4v) is 2.10. The van der Waals surface area contributed by atoms with Gasteiger partial charge in [0.25, 0.3) is 0 Å². The van der Waals surface area contributed by atoms with Gasteiger partial charge in [0.05, 0.1) is 6.21 Å². The van der Waals surface area contributed by atoms with Gasteiger partial charge in [0, 0.05) is 6.54 Å². The molecule has 0 aliphatic carbocycles. The Morgan fingerprint density at radius 3 is 2.48 bits per heavy atom. The Balaban J connectivity index is 1.81. The molecule has 6 nitrogen and oxygen atoms in total. The second-order valence-electron chi connectivity index (χ2n) is 5.87. The number of phenols is 1. The summed E-state index contributed by atoms with van der Waals surface area (Å²) in [5, 5.41) is 15.6. The molecular formula is C19H21N3O3. The van der Waals surface area contributed by atoms with E-state index < -0.39 is 11.8 Å². The minimum absolute atomic E-state index is 0.0940. The number of rotatable bonds is 5. The molecule has 2 aromatic rings. The van der Waals surface area contributed by atoms with Crippen molar-refractivity contribution in [1.29, 1.82) is 0 Å². The molecule has 0 bridgehead atoms. The summed E-state index contributed by atoms with van der Waals surface area (Å²) in [6, 6.07) is 14.2. The third-order valence-electron chi connectivity index (χ3n) is 3.56. The molecule has 0 heterocycles. The van der Waals surface area contributed by atoms with E-state index in [9.17, 15) is 14.7 Å². The van der Waals surface area contributed by atoms with Crippen LogP contribution in [0.5, 0.6) is 5.75 Å². The summed E-state index contributed by atoms with van der Waals surface area (Å²) >= 11 is 0. The second-order valence-corrected chi connectivity index (χ2v) is 5.87. The molecule has 0 radical (unpaired) electrons. The van der Waals surface area contributed by atoms with Gasteiger partial charge in [-0.2, -0.15) is 5.10 Å². The first-order valence-electron chi connectivity index (χ1n) is 7.95. The molecular weight excluding hydrogens is 318 g/mol. The van der Waals surface area contributed by atoms with Crippen LogP contribution in [0.3, 0.4) is 0 Å². The van der Waals surface area contributed by atoms with Gasteiger partial charge in [0.1, 0.15) is 5.75 Å². The number of nitrogens with one attached hydrogen (secondary N) is 2. The summed E-state index contributed by atoms with van der Waals surface area (Å²) in [5.74, 6) is -1.08. The molecule has 0 fully saturated rings. The number of nitrogens with zero attached hydrogens (tertiary/aromatic N) is 1. The van der Waals surface area contributed by atoms with Crippen molar-refractivity contribution in [2.75, 3.05) is 0 Å². The van der Waals surface area contributed by atoms with Gasteiger partial charge >= 0.3 is 11.8 Å². The average molecular weight is 339 g/mol. The van der Waals surface area contributed by atoms with Gasteiger partial charge in [-0.05, 0) is 34.7 Å². The maximum atomic E-state index is 11.8. The number of hydrogen-bond donors (Lipinski definition) is 3. The summed E-state index contributed by atoms with van der Waals surface area (Å²) in [5.41, 5.74) is 4.88. The number of hydrogen-bond acceptors (Lipinski definition) is 4. The molecule has 130 valence electrons. The Morgan fingerprint density at radius 2 is 1.84 bits per heavy atom. The van der Waals surface area contributed by atoms with Gasteiger partial charge in [-0.3, -0.25) is 9.59 Å². The number of benzene rings is 2. The number of hydrazone groups is 1. The van der Waals surface area contributed by atoms with E-state index in [1.807, 2.05) is 24.3 Å². The number of carbonyl (C=O) groups is 2. The fraction of sp³-hybridized carbons (Fsp3) is 0.211. The highest BCUT2D eigenvalue weighted by Crippen LogP contribution is 2.14. The lowest BCUT2D eigenvalue weighted by molar-refractivity contribution is -0.139. The van der Waals surface area contributed by atoms with Crippen LogP contribution in [-0.2, 0) is 16.1 Å². The lowest BCUT2D eigenvalue weighted by Crippen LogP contribution is -2.37. The van der Waals surface area contributed by atoms with Crippen molar-refractivity contribution < 1.29 is 14.7 Å². The Kier molecular flexibility index (Phi) is 6.28. The summed E-state index contributed by atoms with van der Waals surface area (Å²) in [7, 11) is 0. The zero-order valence-corrected chi connectivity index (χ0v) is 14.2. The van der Waals surface area contributed by atoms with Crippen LogP contribution in [0, 0.1) is 0 Å². The molecule has 0 aromatic heterocycles. The summed E-state index contributed by atoms with van der Waals surface area (Å²) in [6.45, 7) is 4.48. The quantitative estimate of drug-likeness (QED) is 0.443. The second kappa shape index (κ2) is 8.63. The van der Waals surface area contributed by atoms with Crippen LogP contribution in [0.1, 0.15) is 36.5 Å². The van der Waals surface area contributed by atoms with Gasteiger partial charge < -0.3 is 10.4 Å². The fourth-order valence-electron chi connectivity index (χ4n) is 2.10. The molecule has 0 aliphatic heterocycles. The van der Waals surface area contributed by atoms with E-state index in [4.69, 9.17) is 0 Å². The molecule has 2 amide bonds. The lowest BCUT2D eigenvalue weighted by Gasteiger charge is -2.07. The van der Waals surface area contributed by atoms with Gasteiger partial charge in [0.15, 0.2) is 0 Å². The zero-order chi connectivity index (χ0) is 18.2. The molecule has 2 rings (SSSR count). The smallest absolute Gasteiger partial charge is 0.329 e. The van der Waals surface area contributed by atoms with E-state index in [2.05, 4.69) is 29.7 Å². The largest absolute Gasteiger partial charge is 0.508 e. The topological polar surface area (TPSA) is 90.8 Å².